The van der Waals surface area contributed by atoms with E-state index in [2.05, 4.69) is 10.3 Å². The second-order valence-electron chi connectivity index (χ2n) is 4.01. The van der Waals surface area contributed by atoms with Crippen LogP contribution in [0.4, 0.5) is 5.69 Å². The van der Waals surface area contributed by atoms with Crippen LogP contribution in [0.2, 0.25) is 0 Å². The summed E-state index contributed by atoms with van der Waals surface area (Å²) in [5, 5.41) is 2.76. The van der Waals surface area contributed by atoms with Gasteiger partial charge in [-0.3, -0.25) is 9.78 Å². The number of anilines is 1. The zero-order valence-corrected chi connectivity index (χ0v) is 9.91. The first-order valence-corrected chi connectivity index (χ1v) is 5.76. The van der Waals surface area contributed by atoms with Gasteiger partial charge in [0, 0.05) is 18.7 Å². The van der Waals surface area contributed by atoms with E-state index in [9.17, 15) is 4.79 Å². The van der Waals surface area contributed by atoms with Crippen LogP contribution in [0.3, 0.4) is 0 Å². The standard InChI is InChI=1S/C14H15N3O/c15-13(11-5-2-1-3-6-11)9-14(18)17-12-7-4-8-16-10-12/h1-8,10,13H,9,15H2,(H,17,18). The molecular formula is C14H15N3O. The minimum absolute atomic E-state index is 0.112. The molecule has 18 heavy (non-hydrogen) atoms. The molecule has 4 heteroatoms. The summed E-state index contributed by atoms with van der Waals surface area (Å²) in [4.78, 5) is 15.7. The predicted molar refractivity (Wildman–Crippen MR) is 70.9 cm³/mol. The summed E-state index contributed by atoms with van der Waals surface area (Å²) in [6.07, 6.45) is 3.51. The van der Waals surface area contributed by atoms with E-state index < -0.39 is 0 Å². The van der Waals surface area contributed by atoms with Gasteiger partial charge in [-0.05, 0) is 17.7 Å². The van der Waals surface area contributed by atoms with Crippen molar-refractivity contribution in [1.29, 1.82) is 0 Å². The molecule has 0 bridgehead atoms. The number of amides is 1. The maximum atomic E-state index is 11.8. The van der Waals surface area contributed by atoms with Gasteiger partial charge in [0.2, 0.25) is 5.91 Å². The summed E-state index contributed by atoms with van der Waals surface area (Å²) >= 11 is 0. The van der Waals surface area contributed by atoms with Crippen LogP contribution in [0.1, 0.15) is 18.0 Å². The molecule has 0 aliphatic heterocycles. The van der Waals surface area contributed by atoms with Crippen molar-refractivity contribution < 1.29 is 4.79 Å². The molecule has 1 atom stereocenters. The van der Waals surface area contributed by atoms with Gasteiger partial charge in [-0.15, -0.1) is 0 Å². The Balaban J connectivity index is 1.92. The van der Waals surface area contributed by atoms with Crippen molar-refractivity contribution in [3.63, 3.8) is 0 Å². The van der Waals surface area contributed by atoms with Crippen LogP contribution >= 0.6 is 0 Å². The number of rotatable bonds is 4. The van der Waals surface area contributed by atoms with Crippen molar-refractivity contribution in [3.05, 3.63) is 60.4 Å². The molecular weight excluding hydrogens is 226 g/mol. The second-order valence-corrected chi connectivity index (χ2v) is 4.01. The van der Waals surface area contributed by atoms with Crippen LogP contribution in [0.15, 0.2) is 54.9 Å². The van der Waals surface area contributed by atoms with Crippen LogP contribution in [-0.2, 0) is 4.79 Å². The Morgan fingerprint density at radius 3 is 2.67 bits per heavy atom. The zero-order valence-electron chi connectivity index (χ0n) is 9.91. The number of nitrogens with two attached hydrogens (primary N) is 1. The summed E-state index contributed by atoms with van der Waals surface area (Å²) in [6.45, 7) is 0. The highest BCUT2D eigenvalue weighted by molar-refractivity contribution is 5.90. The number of nitrogens with zero attached hydrogens (tertiary/aromatic N) is 1. The summed E-state index contributed by atoms with van der Waals surface area (Å²) in [5.74, 6) is -0.112. The van der Waals surface area contributed by atoms with Crippen molar-refractivity contribution in [2.24, 2.45) is 5.73 Å². The van der Waals surface area contributed by atoms with Crippen molar-refractivity contribution >= 4 is 11.6 Å². The van der Waals surface area contributed by atoms with Gasteiger partial charge in [0.15, 0.2) is 0 Å². The fourth-order valence-corrected chi connectivity index (χ4v) is 1.67. The van der Waals surface area contributed by atoms with Gasteiger partial charge in [-0.25, -0.2) is 0 Å². The number of aromatic nitrogens is 1. The molecule has 0 saturated carbocycles. The maximum absolute atomic E-state index is 11.8. The molecule has 1 amide bonds. The van der Waals surface area contributed by atoms with E-state index in [0.717, 1.165) is 5.56 Å². The Bertz CT molecular complexity index is 499. The van der Waals surface area contributed by atoms with Gasteiger partial charge in [0.05, 0.1) is 11.9 Å². The fraction of sp³-hybridized carbons (Fsp3) is 0.143. The molecule has 1 unspecified atom stereocenters. The van der Waals surface area contributed by atoms with Crippen LogP contribution < -0.4 is 11.1 Å². The summed E-state index contributed by atoms with van der Waals surface area (Å²) in [5.41, 5.74) is 7.61. The Kier molecular flexibility index (Phi) is 4.04. The predicted octanol–water partition coefficient (Wildman–Crippen LogP) is 2.11. The molecule has 1 heterocycles. The first kappa shape index (κ1) is 12.3. The van der Waals surface area contributed by atoms with Gasteiger partial charge in [0.1, 0.15) is 0 Å². The number of carbonyl (C=O) groups is 1. The third-order valence-electron chi connectivity index (χ3n) is 2.58. The Morgan fingerprint density at radius 2 is 2.00 bits per heavy atom. The van der Waals surface area contributed by atoms with Crippen molar-refractivity contribution in [1.82, 2.24) is 4.98 Å². The first-order chi connectivity index (χ1) is 8.75. The molecule has 0 radical (unpaired) electrons. The minimum atomic E-state index is -0.289. The van der Waals surface area contributed by atoms with E-state index >= 15 is 0 Å². The van der Waals surface area contributed by atoms with Crippen LogP contribution in [0.5, 0.6) is 0 Å². The van der Waals surface area contributed by atoms with Gasteiger partial charge < -0.3 is 11.1 Å². The van der Waals surface area contributed by atoms with E-state index in [1.807, 2.05) is 30.3 Å². The molecule has 0 aliphatic rings. The molecule has 1 aromatic carbocycles. The monoisotopic (exact) mass is 241 g/mol. The van der Waals surface area contributed by atoms with E-state index in [-0.39, 0.29) is 18.4 Å². The first-order valence-electron chi connectivity index (χ1n) is 5.76. The molecule has 92 valence electrons. The number of hydrogen-bond donors (Lipinski definition) is 2. The average molecular weight is 241 g/mol. The maximum Gasteiger partial charge on any atom is 0.226 e. The lowest BCUT2D eigenvalue weighted by Gasteiger charge is -2.11. The topological polar surface area (TPSA) is 68.0 Å². The van der Waals surface area contributed by atoms with Crippen LogP contribution in [-0.4, -0.2) is 10.9 Å². The SMILES string of the molecule is NC(CC(=O)Nc1cccnc1)c1ccccc1. The zero-order chi connectivity index (χ0) is 12.8. The Morgan fingerprint density at radius 1 is 1.22 bits per heavy atom. The van der Waals surface area contributed by atoms with Crippen molar-refractivity contribution in [3.8, 4) is 0 Å². The highest BCUT2D eigenvalue weighted by Crippen LogP contribution is 2.14. The average Bonchev–Trinajstić information content (AvgIpc) is 2.40. The molecule has 0 fully saturated rings. The number of hydrogen-bond acceptors (Lipinski definition) is 3. The van der Waals surface area contributed by atoms with Gasteiger partial charge >= 0.3 is 0 Å². The van der Waals surface area contributed by atoms with E-state index in [0.29, 0.717) is 5.69 Å². The summed E-state index contributed by atoms with van der Waals surface area (Å²) in [7, 11) is 0. The highest BCUT2D eigenvalue weighted by atomic mass is 16.1. The summed E-state index contributed by atoms with van der Waals surface area (Å²) in [6, 6.07) is 12.9. The van der Waals surface area contributed by atoms with Crippen LogP contribution in [0, 0.1) is 0 Å². The number of benzene rings is 1. The lowest BCUT2D eigenvalue weighted by Crippen LogP contribution is -2.20. The van der Waals surface area contributed by atoms with Crippen molar-refractivity contribution in [2.45, 2.75) is 12.5 Å². The molecule has 2 aromatic rings. The molecule has 2 rings (SSSR count). The normalized spacial score (nSPS) is 11.8. The fourth-order valence-electron chi connectivity index (χ4n) is 1.67. The van der Waals surface area contributed by atoms with Crippen molar-refractivity contribution in [2.75, 3.05) is 5.32 Å². The molecule has 0 saturated heterocycles. The van der Waals surface area contributed by atoms with Gasteiger partial charge in [-0.2, -0.15) is 0 Å². The van der Waals surface area contributed by atoms with Gasteiger partial charge in [-0.1, -0.05) is 30.3 Å². The molecule has 3 N–H and O–H groups in total. The largest absolute Gasteiger partial charge is 0.325 e. The number of carbonyl (C=O) groups excluding carboxylic acids is 1. The van der Waals surface area contributed by atoms with Gasteiger partial charge in [0.25, 0.3) is 0 Å². The number of nitrogens with one attached hydrogen (secondary N) is 1. The molecule has 4 nitrogen and oxygen atoms in total. The lowest BCUT2D eigenvalue weighted by molar-refractivity contribution is -0.116. The number of pyridine rings is 1. The summed E-state index contributed by atoms with van der Waals surface area (Å²) < 4.78 is 0. The highest BCUT2D eigenvalue weighted by Gasteiger charge is 2.11. The molecule has 1 aromatic heterocycles. The van der Waals surface area contributed by atoms with E-state index in [1.165, 1.54) is 0 Å². The third kappa shape index (κ3) is 3.40. The van der Waals surface area contributed by atoms with Crippen LogP contribution in [0.25, 0.3) is 0 Å². The lowest BCUT2D eigenvalue weighted by atomic mass is 10.0. The Hall–Kier alpha value is -2.20. The third-order valence-corrected chi connectivity index (χ3v) is 2.58. The molecule has 0 aliphatic carbocycles. The minimum Gasteiger partial charge on any atom is -0.325 e. The quantitative estimate of drug-likeness (QED) is 0.861. The van der Waals surface area contributed by atoms with E-state index in [4.69, 9.17) is 5.73 Å². The smallest absolute Gasteiger partial charge is 0.226 e. The Labute approximate surface area is 106 Å². The van der Waals surface area contributed by atoms with E-state index in [1.54, 1.807) is 24.5 Å². The second kappa shape index (κ2) is 5.93. The molecule has 0 spiro atoms.